The summed E-state index contributed by atoms with van der Waals surface area (Å²) >= 11 is 0. The molecule has 1 fully saturated rings. The molecule has 1 saturated carbocycles. The zero-order valence-corrected chi connectivity index (χ0v) is 11.8. The van der Waals surface area contributed by atoms with Crippen molar-refractivity contribution in [3.63, 3.8) is 0 Å². The molecule has 0 N–H and O–H groups in total. The van der Waals surface area contributed by atoms with Crippen LogP contribution in [0.5, 0.6) is 0 Å². The number of hydrogen-bond donors (Lipinski definition) is 0. The van der Waals surface area contributed by atoms with E-state index in [1.807, 2.05) is 17.8 Å². The summed E-state index contributed by atoms with van der Waals surface area (Å²) in [6.45, 7) is 7.29. The van der Waals surface area contributed by atoms with E-state index in [2.05, 4.69) is 18.9 Å². The third-order valence-electron chi connectivity index (χ3n) is 4.06. The first-order chi connectivity index (χ1) is 8.57. The summed E-state index contributed by atoms with van der Waals surface area (Å²) < 4.78 is 1.84. The van der Waals surface area contributed by atoms with Gasteiger partial charge in [0.25, 0.3) is 0 Å². The molecule has 18 heavy (non-hydrogen) atoms. The molecule has 100 valence electrons. The van der Waals surface area contributed by atoms with Gasteiger partial charge in [-0.3, -0.25) is 9.48 Å². The average Bonchev–Trinajstić information content (AvgIpc) is 2.96. The molecule has 0 aromatic carbocycles. The van der Waals surface area contributed by atoms with Crippen LogP contribution in [0.1, 0.15) is 63.2 Å². The van der Waals surface area contributed by atoms with E-state index in [0.29, 0.717) is 11.7 Å². The van der Waals surface area contributed by atoms with Crippen molar-refractivity contribution in [3.8, 4) is 0 Å². The van der Waals surface area contributed by atoms with Crippen LogP contribution >= 0.6 is 0 Å². The smallest absolute Gasteiger partial charge is 0.172 e. The van der Waals surface area contributed by atoms with E-state index in [0.717, 1.165) is 31.4 Å². The van der Waals surface area contributed by atoms with Crippen LogP contribution in [0.4, 0.5) is 0 Å². The number of aryl methyl sites for hydroxylation is 1. The van der Waals surface area contributed by atoms with Gasteiger partial charge in [-0.25, -0.2) is 0 Å². The van der Waals surface area contributed by atoms with Crippen molar-refractivity contribution >= 4 is 5.78 Å². The number of Topliss-reactive ketones (excluding diaryl/α,β-unsaturated/α-hetero) is 1. The van der Waals surface area contributed by atoms with Crippen LogP contribution in [0.3, 0.4) is 0 Å². The SMILES string of the molecule is CCn1cc(C(=O)C2(CC(C)C)CCCC2)cn1. The standard InChI is InChI=1S/C15H24N2O/c1-4-17-11-13(10-16-17)14(18)15(9-12(2)3)7-5-6-8-15/h10-12H,4-9H2,1-3H3. The van der Waals surface area contributed by atoms with Crippen molar-refractivity contribution in [1.82, 2.24) is 9.78 Å². The molecule has 1 heterocycles. The summed E-state index contributed by atoms with van der Waals surface area (Å²) in [5.74, 6) is 0.904. The van der Waals surface area contributed by atoms with Crippen molar-refractivity contribution < 1.29 is 4.79 Å². The number of carbonyl (C=O) groups is 1. The molecule has 1 aliphatic carbocycles. The second-order valence-electron chi connectivity index (χ2n) is 6.00. The lowest BCUT2D eigenvalue weighted by atomic mass is 9.73. The maximum Gasteiger partial charge on any atom is 0.172 e. The molecule has 1 aromatic rings. The van der Waals surface area contributed by atoms with Crippen LogP contribution in [0, 0.1) is 11.3 Å². The van der Waals surface area contributed by atoms with E-state index < -0.39 is 0 Å². The summed E-state index contributed by atoms with van der Waals surface area (Å²) in [7, 11) is 0. The third-order valence-corrected chi connectivity index (χ3v) is 4.06. The molecule has 0 atom stereocenters. The van der Waals surface area contributed by atoms with Gasteiger partial charge in [-0.1, -0.05) is 26.7 Å². The highest BCUT2D eigenvalue weighted by Crippen LogP contribution is 2.45. The average molecular weight is 248 g/mol. The second kappa shape index (κ2) is 5.25. The van der Waals surface area contributed by atoms with E-state index in [1.54, 1.807) is 6.20 Å². The minimum absolute atomic E-state index is 0.101. The Morgan fingerprint density at radius 2 is 2.11 bits per heavy atom. The lowest BCUT2D eigenvalue weighted by Crippen LogP contribution is -2.29. The fourth-order valence-corrected chi connectivity index (χ4v) is 3.32. The van der Waals surface area contributed by atoms with Gasteiger partial charge in [-0.05, 0) is 32.1 Å². The molecule has 0 bridgehead atoms. The number of aromatic nitrogens is 2. The Morgan fingerprint density at radius 1 is 1.44 bits per heavy atom. The molecular formula is C15H24N2O. The molecule has 3 nitrogen and oxygen atoms in total. The predicted octanol–water partition coefficient (Wildman–Crippen LogP) is 3.69. The van der Waals surface area contributed by atoms with Gasteiger partial charge in [0, 0.05) is 18.2 Å². The highest BCUT2D eigenvalue weighted by Gasteiger charge is 2.41. The number of rotatable bonds is 5. The van der Waals surface area contributed by atoms with Gasteiger partial charge < -0.3 is 0 Å². The van der Waals surface area contributed by atoms with E-state index in [9.17, 15) is 4.79 Å². The largest absolute Gasteiger partial charge is 0.293 e. The molecule has 0 spiro atoms. The quantitative estimate of drug-likeness (QED) is 0.745. The molecule has 0 unspecified atom stereocenters. The first kappa shape index (κ1) is 13.3. The normalized spacial score (nSPS) is 18.4. The number of ketones is 1. The Hall–Kier alpha value is -1.12. The fraction of sp³-hybridized carbons (Fsp3) is 0.733. The van der Waals surface area contributed by atoms with Gasteiger partial charge >= 0.3 is 0 Å². The highest BCUT2D eigenvalue weighted by atomic mass is 16.1. The van der Waals surface area contributed by atoms with Crippen LogP contribution in [-0.4, -0.2) is 15.6 Å². The Morgan fingerprint density at radius 3 is 2.61 bits per heavy atom. The number of carbonyl (C=O) groups excluding carboxylic acids is 1. The second-order valence-corrected chi connectivity index (χ2v) is 6.00. The maximum atomic E-state index is 12.8. The topological polar surface area (TPSA) is 34.9 Å². The molecule has 0 aliphatic heterocycles. The Labute approximate surface area is 110 Å². The molecule has 0 radical (unpaired) electrons. The molecule has 0 amide bonds. The summed E-state index contributed by atoms with van der Waals surface area (Å²) in [4.78, 5) is 12.8. The molecule has 1 aliphatic rings. The first-order valence-electron chi connectivity index (χ1n) is 7.14. The Bertz CT molecular complexity index is 414. The molecule has 2 rings (SSSR count). The van der Waals surface area contributed by atoms with Crippen LogP contribution in [0.25, 0.3) is 0 Å². The van der Waals surface area contributed by atoms with Crippen molar-refractivity contribution in [2.75, 3.05) is 0 Å². The number of hydrogen-bond acceptors (Lipinski definition) is 2. The van der Waals surface area contributed by atoms with E-state index in [1.165, 1.54) is 12.8 Å². The summed E-state index contributed by atoms with van der Waals surface area (Å²) in [6.07, 6.45) is 9.17. The maximum absolute atomic E-state index is 12.8. The summed E-state index contributed by atoms with van der Waals surface area (Å²) in [5.41, 5.74) is 0.704. The molecule has 0 saturated heterocycles. The van der Waals surface area contributed by atoms with Gasteiger partial charge in [-0.2, -0.15) is 5.10 Å². The van der Waals surface area contributed by atoms with Gasteiger partial charge in [-0.15, -0.1) is 0 Å². The summed E-state index contributed by atoms with van der Waals surface area (Å²) in [5, 5.41) is 4.23. The van der Waals surface area contributed by atoms with Crippen molar-refractivity contribution in [2.24, 2.45) is 11.3 Å². The van der Waals surface area contributed by atoms with Crippen LogP contribution < -0.4 is 0 Å². The van der Waals surface area contributed by atoms with Gasteiger partial charge in [0.05, 0.1) is 11.8 Å². The number of nitrogens with zero attached hydrogens (tertiary/aromatic N) is 2. The van der Waals surface area contributed by atoms with E-state index >= 15 is 0 Å². The molecular weight excluding hydrogens is 224 g/mol. The van der Waals surface area contributed by atoms with Gasteiger partial charge in [0.1, 0.15) is 0 Å². The minimum Gasteiger partial charge on any atom is -0.293 e. The van der Waals surface area contributed by atoms with Crippen LogP contribution in [-0.2, 0) is 6.54 Å². The zero-order chi connectivity index (χ0) is 13.2. The van der Waals surface area contributed by atoms with E-state index in [4.69, 9.17) is 0 Å². The van der Waals surface area contributed by atoms with Gasteiger partial charge in [0.2, 0.25) is 0 Å². The molecule has 3 heteroatoms. The van der Waals surface area contributed by atoms with Gasteiger partial charge in [0.15, 0.2) is 5.78 Å². The lowest BCUT2D eigenvalue weighted by Gasteiger charge is -2.28. The zero-order valence-electron chi connectivity index (χ0n) is 11.8. The highest BCUT2D eigenvalue weighted by molar-refractivity contribution is 6.00. The van der Waals surface area contributed by atoms with Crippen molar-refractivity contribution in [2.45, 2.75) is 59.4 Å². The predicted molar refractivity (Wildman–Crippen MR) is 72.6 cm³/mol. The van der Waals surface area contributed by atoms with Crippen molar-refractivity contribution in [1.29, 1.82) is 0 Å². The summed E-state index contributed by atoms with van der Waals surface area (Å²) in [6, 6.07) is 0. The third kappa shape index (κ3) is 2.50. The minimum atomic E-state index is -0.101. The lowest BCUT2D eigenvalue weighted by molar-refractivity contribution is 0.0760. The van der Waals surface area contributed by atoms with E-state index in [-0.39, 0.29) is 5.41 Å². The Kier molecular flexibility index (Phi) is 3.88. The van der Waals surface area contributed by atoms with Crippen LogP contribution in [0.15, 0.2) is 12.4 Å². The Balaban J connectivity index is 2.22. The first-order valence-corrected chi connectivity index (χ1v) is 7.14. The fourth-order valence-electron chi connectivity index (χ4n) is 3.32. The van der Waals surface area contributed by atoms with Crippen molar-refractivity contribution in [3.05, 3.63) is 18.0 Å². The molecule has 1 aromatic heterocycles. The monoisotopic (exact) mass is 248 g/mol. The van der Waals surface area contributed by atoms with Crippen LogP contribution in [0.2, 0.25) is 0 Å².